The summed E-state index contributed by atoms with van der Waals surface area (Å²) in [6, 6.07) is 6.09. The van der Waals surface area contributed by atoms with Crippen LogP contribution in [0, 0.1) is 12.7 Å². The highest BCUT2D eigenvalue weighted by Crippen LogP contribution is 2.33. The van der Waals surface area contributed by atoms with Gasteiger partial charge in [0.15, 0.2) is 0 Å². The number of aryl methyl sites for hydroxylation is 1. The molecular formula is C29H36FN7O2. The Bertz CT molecular complexity index is 1340. The van der Waals surface area contributed by atoms with E-state index in [2.05, 4.69) is 32.8 Å². The number of rotatable bonds is 9. The Kier molecular flexibility index (Phi) is 8.23. The van der Waals surface area contributed by atoms with Gasteiger partial charge in [-0.2, -0.15) is 10.2 Å². The van der Waals surface area contributed by atoms with Crippen LogP contribution in [-0.2, 0) is 11.3 Å². The standard InChI is InChI=1S/C29H36FN7O2/c1-4-36-17-22(16-31-36)27-20(2)28(37(34-27)24-8-6-5-7-9-24)33-29(38)32-26-19-35(14-15-39-3)18-25(26)21-10-12-23(30)13-11-21/h5-8,10-13,16-17,24-26H,4,9,14-15,18-19H2,1-3H3,(H2,32,33,38)/t24?,25-,26+/m0/s1. The quantitative estimate of drug-likeness (QED) is 0.423. The number of methoxy groups -OCH3 is 1. The third-order valence-electron chi connectivity index (χ3n) is 7.50. The number of hydrogen-bond acceptors (Lipinski definition) is 5. The summed E-state index contributed by atoms with van der Waals surface area (Å²) in [5.41, 5.74) is 3.58. The normalized spacial score (nSPS) is 21.0. The first kappa shape index (κ1) is 26.8. The zero-order valence-corrected chi connectivity index (χ0v) is 22.7. The number of anilines is 1. The molecule has 0 bridgehead atoms. The molecule has 2 aromatic heterocycles. The Morgan fingerprint density at radius 1 is 1.21 bits per heavy atom. The predicted molar refractivity (Wildman–Crippen MR) is 149 cm³/mol. The second-order valence-corrected chi connectivity index (χ2v) is 10.1. The Balaban J connectivity index is 1.39. The van der Waals surface area contributed by atoms with Gasteiger partial charge in [0.05, 0.1) is 24.9 Å². The summed E-state index contributed by atoms with van der Waals surface area (Å²) in [6.07, 6.45) is 12.8. The molecule has 10 heteroatoms. The lowest BCUT2D eigenvalue weighted by Gasteiger charge is -2.22. The molecule has 1 unspecified atom stereocenters. The molecule has 5 rings (SSSR count). The van der Waals surface area contributed by atoms with Gasteiger partial charge in [-0.05, 0) is 38.0 Å². The van der Waals surface area contributed by atoms with Crippen molar-refractivity contribution in [2.24, 2.45) is 0 Å². The molecule has 206 valence electrons. The van der Waals surface area contributed by atoms with Gasteiger partial charge in [-0.1, -0.05) is 36.4 Å². The molecule has 0 saturated carbocycles. The SMILES string of the molecule is CCn1cc(-c2nn(C3C=CC=CC3)c(NC(=O)N[C@@H]3CN(CCOC)C[C@H]3c3ccc(F)cc3)c2C)cn1. The van der Waals surface area contributed by atoms with Crippen LogP contribution in [-0.4, -0.2) is 69.9 Å². The van der Waals surface area contributed by atoms with E-state index >= 15 is 0 Å². The molecule has 2 amide bonds. The van der Waals surface area contributed by atoms with Gasteiger partial charge in [0.25, 0.3) is 0 Å². The van der Waals surface area contributed by atoms with E-state index in [1.807, 2.05) is 47.8 Å². The number of halogens is 1. The second-order valence-electron chi connectivity index (χ2n) is 10.1. The summed E-state index contributed by atoms with van der Waals surface area (Å²) in [7, 11) is 1.68. The fourth-order valence-corrected chi connectivity index (χ4v) is 5.38. The Hall–Kier alpha value is -3.76. The highest BCUT2D eigenvalue weighted by atomic mass is 19.1. The van der Waals surface area contributed by atoms with Crippen LogP contribution in [0.15, 0.2) is 61.0 Å². The minimum atomic E-state index is -0.295. The van der Waals surface area contributed by atoms with Crippen LogP contribution < -0.4 is 10.6 Å². The third-order valence-corrected chi connectivity index (χ3v) is 7.50. The van der Waals surface area contributed by atoms with Gasteiger partial charge in [-0.25, -0.2) is 13.9 Å². The van der Waals surface area contributed by atoms with Crippen LogP contribution in [0.4, 0.5) is 15.0 Å². The Morgan fingerprint density at radius 2 is 2.03 bits per heavy atom. The highest BCUT2D eigenvalue weighted by molar-refractivity contribution is 5.90. The molecule has 39 heavy (non-hydrogen) atoms. The van der Waals surface area contributed by atoms with E-state index in [-0.39, 0.29) is 29.8 Å². The Labute approximate surface area is 228 Å². The maximum atomic E-state index is 13.6. The molecule has 9 nitrogen and oxygen atoms in total. The zero-order valence-electron chi connectivity index (χ0n) is 22.7. The summed E-state index contributed by atoms with van der Waals surface area (Å²) in [6.45, 7) is 7.57. The van der Waals surface area contributed by atoms with Crippen molar-refractivity contribution in [2.75, 3.05) is 38.7 Å². The maximum absolute atomic E-state index is 13.6. The van der Waals surface area contributed by atoms with Crippen LogP contribution in [0.25, 0.3) is 11.3 Å². The molecule has 1 aromatic carbocycles. The van der Waals surface area contributed by atoms with Crippen LogP contribution in [0.3, 0.4) is 0 Å². The molecule has 3 atom stereocenters. The number of carbonyl (C=O) groups is 1. The van der Waals surface area contributed by atoms with Crippen LogP contribution >= 0.6 is 0 Å². The Morgan fingerprint density at radius 3 is 2.72 bits per heavy atom. The first-order valence-corrected chi connectivity index (χ1v) is 13.5. The lowest BCUT2D eigenvalue weighted by molar-refractivity contribution is 0.159. The van der Waals surface area contributed by atoms with Crippen molar-refractivity contribution in [3.05, 3.63) is 77.9 Å². The van der Waals surface area contributed by atoms with E-state index in [0.717, 1.165) is 48.4 Å². The first-order valence-electron chi connectivity index (χ1n) is 13.5. The van der Waals surface area contributed by atoms with Gasteiger partial charge in [-0.3, -0.25) is 14.9 Å². The molecule has 1 aliphatic heterocycles. The predicted octanol–water partition coefficient (Wildman–Crippen LogP) is 4.51. The third kappa shape index (κ3) is 5.97. The molecule has 0 radical (unpaired) electrons. The number of nitrogens with one attached hydrogen (secondary N) is 2. The number of carbonyl (C=O) groups excluding carboxylic acids is 1. The number of urea groups is 1. The minimum absolute atomic E-state index is 0.0121. The van der Waals surface area contributed by atoms with Gasteiger partial charge in [-0.15, -0.1) is 0 Å². The summed E-state index contributed by atoms with van der Waals surface area (Å²) < 4.78 is 22.6. The maximum Gasteiger partial charge on any atom is 0.320 e. The van der Waals surface area contributed by atoms with Gasteiger partial charge in [0.2, 0.25) is 0 Å². The largest absolute Gasteiger partial charge is 0.383 e. The van der Waals surface area contributed by atoms with E-state index < -0.39 is 0 Å². The molecule has 2 aliphatic rings. The van der Waals surface area contributed by atoms with Crippen molar-refractivity contribution in [3.63, 3.8) is 0 Å². The molecule has 3 heterocycles. The molecule has 2 N–H and O–H groups in total. The number of ether oxygens (including phenoxy) is 1. The van der Waals surface area contributed by atoms with Crippen molar-refractivity contribution in [2.45, 2.75) is 44.8 Å². The van der Waals surface area contributed by atoms with Crippen molar-refractivity contribution in [1.29, 1.82) is 0 Å². The summed E-state index contributed by atoms with van der Waals surface area (Å²) >= 11 is 0. The van der Waals surface area contributed by atoms with E-state index in [9.17, 15) is 9.18 Å². The lowest BCUT2D eigenvalue weighted by atomic mass is 9.94. The van der Waals surface area contributed by atoms with Crippen LogP contribution in [0.5, 0.6) is 0 Å². The van der Waals surface area contributed by atoms with Crippen molar-refractivity contribution >= 4 is 11.8 Å². The summed E-state index contributed by atoms with van der Waals surface area (Å²) in [5, 5.41) is 15.7. The van der Waals surface area contributed by atoms with Gasteiger partial charge < -0.3 is 10.1 Å². The number of benzene rings is 1. The van der Waals surface area contributed by atoms with Gasteiger partial charge in [0, 0.05) is 56.5 Å². The van der Waals surface area contributed by atoms with E-state index in [0.29, 0.717) is 19.0 Å². The molecule has 1 aliphatic carbocycles. The molecule has 1 saturated heterocycles. The minimum Gasteiger partial charge on any atom is -0.383 e. The lowest BCUT2D eigenvalue weighted by Crippen LogP contribution is -2.42. The first-order chi connectivity index (χ1) is 19.0. The van der Waals surface area contributed by atoms with Crippen molar-refractivity contribution in [1.82, 2.24) is 29.8 Å². The fourth-order valence-electron chi connectivity index (χ4n) is 5.38. The average Bonchev–Trinajstić information content (AvgIpc) is 3.66. The second kappa shape index (κ2) is 12.0. The highest BCUT2D eigenvalue weighted by Gasteiger charge is 2.35. The van der Waals surface area contributed by atoms with Crippen molar-refractivity contribution in [3.8, 4) is 11.3 Å². The number of hydrogen-bond donors (Lipinski definition) is 2. The van der Waals surface area contributed by atoms with E-state index in [1.54, 1.807) is 19.2 Å². The van der Waals surface area contributed by atoms with E-state index in [4.69, 9.17) is 9.84 Å². The van der Waals surface area contributed by atoms with Crippen LogP contribution in [0.2, 0.25) is 0 Å². The molecule has 0 spiro atoms. The van der Waals surface area contributed by atoms with E-state index in [1.165, 1.54) is 12.1 Å². The van der Waals surface area contributed by atoms with Crippen molar-refractivity contribution < 1.29 is 13.9 Å². The molecule has 1 fully saturated rings. The number of aromatic nitrogens is 4. The smallest absolute Gasteiger partial charge is 0.320 e. The number of likely N-dealkylation sites (tertiary alicyclic amines) is 1. The number of nitrogens with zero attached hydrogens (tertiary/aromatic N) is 5. The monoisotopic (exact) mass is 533 g/mol. The number of amides is 2. The number of allylic oxidation sites excluding steroid dienone is 4. The average molecular weight is 534 g/mol. The van der Waals surface area contributed by atoms with Gasteiger partial charge in [0.1, 0.15) is 17.3 Å². The van der Waals surface area contributed by atoms with Crippen LogP contribution in [0.1, 0.15) is 36.4 Å². The molecular weight excluding hydrogens is 497 g/mol. The van der Waals surface area contributed by atoms with Gasteiger partial charge >= 0.3 is 6.03 Å². The topological polar surface area (TPSA) is 89.2 Å². The molecule has 3 aromatic rings. The zero-order chi connectivity index (χ0) is 27.4. The fraction of sp³-hybridized carbons (Fsp3) is 0.414. The summed E-state index contributed by atoms with van der Waals surface area (Å²) in [4.78, 5) is 15.8. The summed E-state index contributed by atoms with van der Waals surface area (Å²) in [5.74, 6) is 0.413.